The maximum atomic E-state index is 12.2. The zero-order valence-electron chi connectivity index (χ0n) is 34.6. The molecule has 2 fully saturated rings. The highest BCUT2D eigenvalue weighted by molar-refractivity contribution is 7.80. The summed E-state index contributed by atoms with van der Waals surface area (Å²) in [5, 5.41) is 12.1. The van der Waals surface area contributed by atoms with Gasteiger partial charge in [-0.1, -0.05) is 12.8 Å². The number of thiocarbonyl (C=S) groups is 2. The monoisotopic (exact) mass is 894 g/mol. The zero-order valence-corrected chi connectivity index (χ0v) is 36.2. The average Bonchev–Trinajstić information content (AvgIpc) is 3.11. The van der Waals surface area contributed by atoms with E-state index in [4.69, 9.17) is 71.8 Å². The van der Waals surface area contributed by atoms with Gasteiger partial charge in [-0.15, -0.1) is 0 Å². The van der Waals surface area contributed by atoms with Crippen LogP contribution in [0.3, 0.4) is 0 Å². The third-order valence-electron chi connectivity index (χ3n) is 8.24. The van der Waals surface area contributed by atoms with Crippen LogP contribution in [-0.4, -0.2) is 146 Å². The Labute approximate surface area is 357 Å². The molecule has 338 valence electrons. The van der Waals surface area contributed by atoms with E-state index in [0.717, 1.165) is 68.2 Å². The SMILES string of the molecule is CC(=O)OC[C@H]1O[C@@H](OC(C)=O)[C@H](NC(=S)NCCCCCCNC(=S)N[C@H]2[C@H](OC(C)=O)O[C@H](COC(C)=O)[C@@H](OC(C)=O)[C@@H]2OC(C)=O)[C@@H](OC(C)=O)[C@@H]1OC(C)=O. The Kier molecular flexibility index (Phi) is 21.9. The minimum absolute atomic E-state index is 0.0791. The van der Waals surface area contributed by atoms with Gasteiger partial charge in [0.15, 0.2) is 34.6 Å². The summed E-state index contributed by atoms with van der Waals surface area (Å²) in [4.78, 5) is 95.4. The van der Waals surface area contributed by atoms with Gasteiger partial charge in [-0.05, 0) is 37.3 Å². The molecule has 60 heavy (non-hydrogen) atoms. The molecule has 2 heterocycles. The van der Waals surface area contributed by atoms with Crippen molar-refractivity contribution in [1.29, 1.82) is 0 Å². The van der Waals surface area contributed by atoms with Crippen LogP contribution in [0.5, 0.6) is 0 Å². The van der Waals surface area contributed by atoms with Crippen LogP contribution in [-0.2, 0) is 85.7 Å². The molecule has 0 unspecified atom stereocenters. The summed E-state index contributed by atoms with van der Waals surface area (Å²) in [6, 6.07) is -2.30. The molecule has 4 N–H and O–H groups in total. The first-order chi connectivity index (χ1) is 28.2. The number of rotatable bonds is 19. The molecule has 22 nitrogen and oxygen atoms in total. The third kappa shape index (κ3) is 18.5. The number of nitrogens with one attached hydrogen (secondary N) is 4. The van der Waals surface area contributed by atoms with E-state index in [9.17, 15) is 38.4 Å². The molecule has 0 aromatic carbocycles. The first kappa shape index (κ1) is 51.2. The summed E-state index contributed by atoms with van der Waals surface area (Å²) in [5.74, 6) is -5.77. The first-order valence-corrected chi connectivity index (χ1v) is 19.7. The van der Waals surface area contributed by atoms with Crippen molar-refractivity contribution in [2.75, 3.05) is 26.3 Å². The molecule has 0 aliphatic carbocycles. The van der Waals surface area contributed by atoms with Gasteiger partial charge in [0.2, 0.25) is 12.6 Å². The second kappa shape index (κ2) is 25.6. The smallest absolute Gasteiger partial charge is 0.305 e. The number of carbonyl (C=O) groups is 8. The van der Waals surface area contributed by atoms with Gasteiger partial charge in [0.25, 0.3) is 0 Å². The van der Waals surface area contributed by atoms with Crippen LogP contribution >= 0.6 is 24.4 Å². The lowest BCUT2D eigenvalue weighted by Crippen LogP contribution is -2.67. The largest absolute Gasteiger partial charge is 0.463 e. The summed E-state index contributed by atoms with van der Waals surface area (Å²) in [7, 11) is 0. The van der Waals surface area contributed by atoms with Crippen LogP contribution in [0, 0.1) is 0 Å². The molecule has 10 atom stereocenters. The molecule has 0 saturated carbocycles. The van der Waals surface area contributed by atoms with Crippen molar-refractivity contribution in [2.24, 2.45) is 0 Å². The second-order valence-electron chi connectivity index (χ2n) is 13.5. The Morgan fingerprint density at radius 2 is 0.733 bits per heavy atom. The molecular weight excluding hydrogens is 841 g/mol. The Morgan fingerprint density at radius 3 is 1.02 bits per heavy atom. The van der Waals surface area contributed by atoms with Crippen LogP contribution in [0.1, 0.15) is 81.1 Å². The highest BCUT2D eigenvalue weighted by Gasteiger charge is 2.53. The second-order valence-corrected chi connectivity index (χ2v) is 14.3. The van der Waals surface area contributed by atoms with Crippen molar-refractivity contribution < 1.29 is 85.7 Å². The van der Waals surface area contributed by atoms with Gasteiger partial charge in [0, 0.05) is 68.5 Å². The molecular formula is C36H54N4O18S2. The molecule has 2 saturated heterocycles. The van der Waals surface area contributed by atoms with Crippen molar-refractivity contribution in [3.8, 4) is 0 Å². The topological polar surface area (TPSA) is 277 Å². The van der Waals surface area contributed by atoms with Gasteiger partial charge >= 0.3 is 47.8 Å². The highest BCUT2D eigenvalue weighted by Crippen LogP contribution is 2.29. The Morgan fingerprint density at radius 1 is 0.433 bits per heavy atom. The Bertz CT molecular complexity index is 1460. The van der Waals surface area contributed by atoms with E-state index in [1.807, 2.05) is 0 Å². The molecule has 2 aliphatic heterocycles. The summed E-state index contributed by atoms with van der Waals surface area (Å²) in [6.45, 7) is 9.11. The van der Waals surface area contributed by atoms with Gasteiger partial charge in [-0.3, -0.25) is 38.4 Å². The van der Waals surface area contributed by atoms with E-state index in [1.54, 1.807) is 0 Å². The summed E-state index contributed by atoms with van der Waals surface area (Å²) in [5.41, 5.74) is 0. The molecule has 0 bridgehead atoms. The molecule has 24 heteroatoms. The number of unbranched alkanes of at least 4 members (excludes halogenated alkanes) is 3. The molecule has 0 amide bonds. The van der Waals surface area contributed by atoms with Crippen molar-refractivity contribution in [3.63, 3.8) is 0 Å². The maximum absolute atomic E-state index is 12.2. The fourth-order valence-electron chi connectivity index (χ4n) is 6.05. The normalized spacial score (nSPS) is 25.7. The molecule has 2 aliphatic rings. The Hall–Kier alpha value is -4.94. The van der Waals surface area contributed by atoms with E-state index in [1.165, 1.54) is 0 Å². The molecule has 0 aromatic rings. The van der Waals surface area contributed by atoms with Crippen LogP contribution in [0.25, 0.3) is 0 Å². The minimum Gasteiger partial charge on any atom is -0.463 e. The number of esters is 8. The van der Waals surface area contributed by atoms with Gasteiger partial charge in [0.1, 0.15) is 37.5 Å². The summed E-state index contributed by atoms with van der Waals surface area (Å²) < 4.78 is 54.4. The van der Waals surface area contributed by atoms with Crippen molar-refractivity contribution >= 4 is 82.4 Å². The van der Waals surface area contributed by atoms with Gasteiger partial charge in [-0.25, -0.2) is 0 Å². The minimum atomic E-state index is -1.41. The fourth-order valence-corrected chi connectivity index (χ4v) is 6.53. The van der Waals surface area contributed by atoms with Crippen LogP contribution in [0.4, 0.5) is 0 Å². The van der Waals surface area contributed by atoms with Gasteiger partial charge in [0.05, 0.1) is 0 Å². The number of hydrogen-bond donors (Lipinski definition) is 4. The maximum Gasteiger partial charge on any atom is 0.305 e. The predicted octanol–water partition coefficient (Wildman–Crippen LogP) is -0.359. The van der Waals surface area contributed by atoms with Crippen LogP contribution in [0.2, 0.25) is 0 Å². The van der Waals surface area contributed by atoms with Crippen molar-refractivity contribution in [1.82, 2.24) is 21.3 Å². The van der Waals surface area contributed by atoms with E-state index in [-0.39, 0.29) is 10.2 Å². The van der Waals surface area contributed by atoms with E-state index in [0.29, 0.717) is 25.9 Å². The quantitative estimate of drug-likeness (QED) is 0.0558. The average molecular weight is 895 g/mol. The first-order valence-electron chi connectivity index (χ1n) is 18.9. The number of carbonyl (C=O) groups excluding carboxylic acids is 8. The molecule has 0 aromatic heterocycles. The number of ether oxygens (including phenoxy) is 10. The predicted molar refractivity (Wildman–Crippen MR) is 210 cm³/mol. The lowest BCUT2D eigenvalue weighted by atomic mass is 9.96. The summed E-state index contributed by atoms with van der Waals surface area (Å²) >= 11 is 10.9. The lowest BCUT2D eigenvalue weighted by molar-refractivity contribution is -0.269. The van der Waals surface area contributed by atoms with E-state index in [2.05, 4.69) is 21.3 Å². The molecule has 0 spiro atoms. The van der Waals surface area contributed by atoms with Crippen molar-refractivity contribution in [2.45, 2.75) is 142 Å². The fraction of sp³-hybridized carbons (Fsp3) is 0.722. The standard InChI is InChI=1S/C36H54N4O18S2/c1-17(41)49-15-25-29(51-19(3)43)31(53-21(5)45)27(33(57-25)55-23(7)47)39-35(59)37-13-11-9-10-12-14-38-36(60)40-28-32(54-22(6)46)30(52-20(4)44)26(16-50-18(2)42)58-34(28)56-24(8)48/h25-34H,9-16H2,1-8H3,(H2,37,39,59)(H2,38,40,60)/t25-,26-,27-,28-,29-,30-,31-,32-,33-,34-/m1/s1. The Balaban J connectivity index is 1.98. The summed E-state index contributed by atoms with van der Waals surface area (Å²) in [6.07, 6.45) is -7.53. The van der Waals surface area contributed by atoms with Gasteiger partial charge in [-0.2, -0.15) is 0 Å². The highest BCUT2D eigenvalue weighted by atomic mass is 32.1. The van der Waals surface area contributed by atoms with Gasteiger partial charge < -0.3 is 68.6 Å². The zero-order chi connectivity index (χ0) is 45.1. The van der Waals surface area contributed by atoms with Crippen LogP contribution < -0.4 is 21.3 Å². The lowest BCUT2D eigenvalue weighted by Gasteiger charge is -2.44. The van der Waals surface area contributed by atoms with E-state index < -0.39 is 122 Å². The molecule has 0 radical (unpaired) electrons. The number of hydrogen-bond acceptors (Lipinski definition) is 20. The molecule has 2 rings (SSSR count). The third-order valence-corrected chi connectivity index (χ3v) is 8.76. The van der Waals surface area contributed by atoms with Crippen LogP contribution in [0.15, 0.2) is 0 Å². The van der Waals surface area contributed by atoms with E-state index >= 15 is 0 Å². The van der Waals surface area contributed by atoms with Crippen molar-refractivity contribution in [3.05, 3.63) is 0 Å².